The van der Waals surface area contributed by atoms with E-state index in [-0.39, 0.29) is 25.5 Å². The summed E-state index contributed by atoms with van der Waals surface area (Å²) in [7, 11) is 0. The first-order valence-electron chi connectivity index (χ1n) is 17.1. The van der Waals surface area contributed by atoms with Crippen molar-refractivity contribution in [1.82, 2.24) is 15.0 Å². The summed E-state index contributed by atoms with van der Waals surface area (Å²) in [6, 6.07) is 35.6. The van der Waals surface area contributed by atoms with E-state index >= 15 is 0 Å². The second kappa shape index (κ2) is 14.6. The molecule has 4 nitrogen and oxygen atoms in total. The van der Waals surface area contributed by atoms with Gasteiger partial charge in [0.25, 0.3) is 0 Å². The molecule has 8 aromatic rings. The van der Waals surface area contributed by atoms with Crippen LogP contribution in [0.2, 0.25) is 0 Å². The fourth-order valence-corrected chi connectivity index (χ4v) is 7.44. The van der Waals surface area contributed by atoms with Crippen molar-refractivity contribution in [3.05, 3.63) is 137 Å². The molecule has 1 radical (unpaired) electrons. The van der Waals surface area contributed by atoms with Crippen molar-refractivity contribution in [1.29, 1.82) is 0 Å². The van der Waals surface area contributed by atoms with Crippen LogP contribution in [0, 0.1) is 32.9 Å². The van der Waals surface area contributed by atoms with Crippen molar-refractivity contribution in [3.63, 3.8) is 0 Å². The van der Waals surface area contributed by atoms with Crippen LogP contribution < -0.4 is 0 Å². The van der Waals surface area contributed by atoms with Crippen LogP contribution in [0.25, 0.3) is 65.8 Å². The summed E-state index contributed by atoms with van der Waals surface area (Å²) in [5, 5.41) is 3.27. The second-order valence-electron chi connectivity index (χ2n) is 14.3. The van der Waals surface area contributed by atoms with E-state index in [1.54, 1.807) is 11.3 Å². The van der Waals surface area contributed by atoms with Crippen molar-refractivity contribution in [2.45, 2.75) is 66.7 Å². The summed E-state index contributed by atoms with van der Waals surface area (Å²) in [4.78, 5) is 14.3. The Morgan fingerprint density at radius 2 is 1.49 bits per heavy atom. The van der Waals surface area contributed by atoms with Gasteiger partial charge in [0.1, 0.15) is 11.1 Å². The molecular weight excluding hydrogens is 823 g/mol. The van der Waals surface area contributed by atoms with Gasteiger partial charge in [-0.3, -0.25) is 0 Å². The smallest absolute Gasteiger partial charge is 0.148 e. The Bertz CT molecular complexity index is 2450. The van der Waals surface area contributed by atoms with Crippen LogP contribution in [-0.2, 0) is 25.5 Å². The van der Waals surface area contributed by atoms with Gasteiger partial charge in [0.2, 0.25) is 0 Å². The van der Waals surface area contributed by atoms with E-state index in [0.717, 1.165) is 59.7 Å². The third-order valence-corrected chi connectivity index (χ3v) is 10.5. The monoisotopic (exact) mass is 864 g/mol. The molecular formula is C45H41IrN3OS-2. The molecule has 0 aliphatic heterocycles. The molecule has 259 valence electrons. The quantitative estimate of drug-likeness (QED) is 0.165. The number of fused-ring (bicyclic) bond motifs is 5. The van der Waals surface area contributed by atoms with Gasteiger partial charge in [-0.05, 0) is 72.0 Å². The van der Waals surface area contributed by atoms with Gasteiger partial charge < -0.3 is 14.4 Å². The molecule has 0 unspecified atom stereocenters. The van der Waals surface area contributed by atoms with Gasteiger partial charge in [0, 0.05) is 48.9 Å². The summed E-state index contributed by atoms with van der Waals surface area (Å²) < 4.78 is 7.76. The van der Waals surface area contributed by atoms with Crippen LogP contribution in [0.15, 0.2) is 102 Å². The Balaban J connectivity index is 0.000000269. The molecule has 51 heavy (non-hydrogen) atoms. The van der Waals surface area contributed by atoms with Crippen molar-refractivity contribution >= 4 is 43.5 Å². The van der Waals surface area contributed by atoms with Crippen LogP contribution in [-0.4, -0.2) is 15.0 Å². The van der Waals surface area contributed by atoms with Gasteiger partial charge in [-0.1, -0.05) is 88.0 Å². The first-order chi connectivity index (χ1) is 24.0. The molecule has 0 spiro atoms. The Labute approximate surface area is 318 Å². The first-order valence-corrected chi connectivity index (χ1v) is 17.9. The number of hydrogen-bond donors (Lipinski definition) is 0. The summed E-state index contributed by atoms with van der Waals surface area (Å²) in [6.45, 7) is 17.5. The molecule has 0 N–H and O–H groups in total. The largest absolute Gasteiger partial charge is 0.498 e. The van der Waals surface area contributed by atoms with Gasteiger partial charge in [0.05, 0.1) is 15.3 Å². The van der Waals surface area contributed by atoms with Crippen LogP contribution in [0.5, 0.6) is 0 Å². The number of benzene rings is 4. The number of rotatable bonds is 4. The summed E-state index contributed by atoms with van der Waals surface area (Å²) in [5.41, 5.74) is 13.9. The minimum Gasteiger partial charge on any atom is -0.498 e. The Morgan fingerprint density at radius 3 is 2.16 bits per heavy atom. The zero-order valence-corrected chi connectivity index (χ0v) is 33.5. The topological polar surface area (TPSA) is 51.8 Å². The zero-order valence-electron chi connectivity index (χ0n) is 30.3. The summed E-state index contributed by atoms with van der Waals surface area (Å²) in [5.74, 6) is 0.344. The van der Waals surface area contributed by atoms with E-state index < -0.39 is 0 Å². The van der Waals surface area contributed by atoms with Crippen molar-refractivity contribution in [2.24, 2.45) is 0 Å². The molecule has 4 aromatic heterocycles. The minimum absolute atomic E-state index is 0. The number of aryl methyl sites for hydroxylation is 3. The molecule has 0 aliphatic rings. The third kappa shape index (κ3) is 7.19. The number of hydrogen-bond acceptors (Lipinski definition) is 5. The average molecular weight is 864 g/mol. The number of furan rings is 1. The Hall–Kier alpha value is -4.48. The van der Waals surface area contributed by atoms with Crippen molar-refractivity contribution in [3.8, 4) is 33.6 Å². The fourth-order valence-electron chi connectivity index (χ4n) is 6.41. The molecule has 4 heterocycles. The van der Waals surface area contributed by atoms with Gasteiger partial charge in [-0.25, -0.2) is 4.98 Å². The Morgan fingerprint density at radius 1 is 0.745 bits per heavy atom. The van der Waals surface area contributed by atoms with E-state index in [2.05, 4.69) is 114 Å². The average Bonchev–Trinajstić information content (AvgIpc) is 3.72. The molecule has 0 saturated heterocycles. The van der Waals surface area contributed by atoms with Gasteiger partial charge in [-0.2, -0.15) is 0 Å². The standard InChI is InChI=1S/C33H31N2OS.C12H10N.Ir/c1-18(2)24-16-26(34-17-25(24)28-19(3)10-8-11-20(28)4)23-13-9-12-21-22-14-15-27-29(31(22)36-30(21)23)35-32(37-27)33(5,6)7;1-10-7-8-12(13-9-10)11-5-3-2-4-6-11;/h8-12,14-18H,1-7H3;2-5,7-9H,1H3;/q2*-1;. The normalized spacial score (nSPS) is 11.5. The zero-order chi connectivity index (χ0) is 35.2. The maximum absolute atomic E-state index is 6.60. The predicted octanol–water partition coefficient (Wildman–Crippen LogP) is 12.6. The van der Waals surface area contributed by atoms with E-state index in [1.165, 1.54) is 33.4 Å². The molecule has 4 aromatic carbocycles. The molecule has 0 bridgehead atoms. The van der Waals surface area contributed by atoms with E-state index in [1.807, 2.05) is 55.7 Å². The molecule has 0 saturated carbocycles. The molecule has 8 rings (SSSR count). The van der Waals surface area contributed by atoms with Gasteiger partial charge in [-0.15, -0.1) is 65.4 Å². The third-order valence-electron chi connectivity index (χ3n) is 9.06. The van der Waals surface area contributed by atoms with Crippen LogP contribution in [0.1, 0.15) is 67.8 Å². The fraction of sp³-hybridized carbons (Fsp3) is 0.222. The number of aromatic nitrogens is 3. The molecule has 6 heteroatoms. The van der Waals surface area contributed by atoms with E-state index in [4.69, 9.17) is 14.4 Å². The Kier molecular flexibility index (Phi) is 10.4. The van der Waals surface area contributed by atoms with Crippen LogP contribution in [0.3, 0.4) is 0 Å². The number of thiazole rings is 1. The number of nitrogens with zero attached hydrogens (tertiary/aromatic N) is 3. The van der Waals surface area contributed by atoms with Crippen LogP contribution >= 0.6 is 11.3 Å². The van der Waals surface area contributed by atoms with E-state index in [0.29, 0.717) is 5.92 Å². The maximum Gasteiger partial charge on any atom is 0.148 e. The minimum atomic E-state index is -0.00462. The van der Waals surface area contributed by atoms with Gasteiger partial charge >= 0.3 is 0 Å². The number of pyridine rings is 2. The first kappa shape index (κ1) is 36.3. The summed E-state index contributed by atoms with van der Waals surface area (Å²) >= 11 is 1.75. The predicted molar refractivity (Wildman–Crippen MR) is 210 cm³/mol. The van der Waals surface area contributed by atoms with Crippen molar-refractivity contribution in [2.75, 3.05) is 0 Å². The van der Waals surface area contributed by atoms with E-state index in [9.17, 15) is 0 Å². The van der Waals surface area contributed by atoms with Crippen molar-refractivity contribution < 1.29 is 24.5 Å². The van der Waals surface area contributed by atoms with Gasteiger partial charge in [0.15, 0.2) is 0 Å². The van der Waals surface area contributed by atoms with Crippen LogP contribution in [0.4, 0.5) is 0 Å². The maximum atomic E-state index is 6.60. The molecule has 0 aliphatic carbocycles. The molecule has 0 atom stereocenters. The second-order valence-corrected chi connectivity index (χ2v) is 15.4. The molecule has 0 fully saturated rings. The summed E-state index contributed by atoms with van der Waals surface area (Å²) in [6.07, 6.45) is 3.90. The molecule has 0 amide bonds. The SMILES string of the molecule is Cc1ccc(-c2[c-]cccc2)nc1.Cc1cccc(C)c1-c1cnc(-c2[c-]ccc3c2oc2c3ccc3sc(C(C)(C)C)nc32)cc1C(C)C.[Ir].